The van der Waals surface area contributed by atoms with Crippen LogP contribution in [0.2, 0.25) is 0 Å². The van der Waals surface area contributed by atoms with Crippen molar-refractivity contribution in [2.24, 2.45) is 0 Å². The van der Waals surface area contributed by atoms with E-state index < -0.39 is 0 Å². The Balaban J connectivity index is 1.80. The first-order chi connectivity index (χ1) is 16.5. The number of ether oxygens (including phenoxy) is 2. The average Bonchev–Trinajstić information content (AvgIpc) is 3.52. The van der Waals surface area contributed by atoms with Crippen molar-refractivity contribution in [3.63, 3.8) is 0 Å². The van der Waals surface area contributed by atoms with Crippen LogP contribution < -0.4 is 20.1 Å². The number of carbonyl (C=O) groups excluding carboxylic acids is 1. The van der Waals surface area contributed by atoms with Gasteiger partial charge in [-0.15, -0.1) is 11.3 Å². The third-order valence-corrected chi connectivity index (χ3v) is 6.58. The number of amides is 1. The van der Waals surface area contributed by atoms with E-state index >= 15 is 0 Å². The van der Waals surface area contributed by atoms with E-state index in [4.69, 9.17) is 13.9 Å². The molecule has 1 amide bonds. The minimum atomic E-state index is -0.308. The molecule has 0 aliphatic rings. The van der Waals surface area contributed by atoms with Crippen molar-refractivity contribution in [3.05, 3.63) is 88.3 Å². The van der Waals surface area contributed by atoms with Crippen LogP contribution in [0.25, 0.3) is 0 Å². The molecule has 0 fully saturated rings. The highest BCUT2D eigenvalue weighted by atomic mass is 32.1. The number of rotatable bonds is 9. The van der Waals surface area contributed by atoms with Crippen LogP contribution in [0.1, 0.15) is 45.2 Å². The van der Waals surface area contributed by atoms with Gasteiger partial charge in [0.15, 0.2) is 17.3 Å². The van der Waals surface area contributed by atoms with Gasteiger partial charge in [-0.1, -0.05) is 19.1 Å². The van der Waals surface area contributed by atoms with E-state index in [1.807, 2.05) is 43.3 Å². The normalized spacial score (nSPS) is 11.6. The summed E-state index contributed by atoms with van der Waals surface area (Å²) >= 11 is 1.55. The minimum Gasteiger partial charge on any atom is -0.493 e. The van der Waals surface area contributed by atoms with Gasteiger partial charge in [0.05, 0.1) is 26.5 Å². The van der Waals surface area contributed by atoms with Crippen molar-refractivity contribution in [1.82, 2.24) is 4.98 Å². The van der Waals surface area contributed by atoms with E-state index in [0.29, 0.717) is 11.5 Å². The molecule has 34 heavy (non-hydrogen) atoms. The zero-order valence-corrected chi connectivity index (χ0v) is 20.4. The van der Waals surface area contributed by atoms with Crippen molar-refractivity contribution >= 4 is 28.1 Å². The molecule has 0 bridgehead atoms. The van der Waals surface area contributed by atoms with E-state index in [-0.39, 0.29) is 17.7 Å². The number of hydrogen-bond donors (Lipinski definition) is 2. The largest absolute Gasteiger partial charge is 0.493 e. The van der Waals surface area contributed by atoms with Gasteiger partial charge in [0, 0.05) is 16.1 Å². The molecule has 0 saturated heterocycles. The molecular weight excluding hydrogens is 450 g/mol. The smallest absolute Gasteiger partial charge is 0.291 e. The summed E-state index contributed by atoms with van der Waals surface area (Å²) in [5, 5.41) is 7.34. The number of nitrogens with one attached hydrogen (secondary N) is 2. The number of methoxy groups -OCH3 is 2. The summed E-state index contributed by atoms with van der Waals surface area (Å²) in [7, 11) is 3.22. The van der Waals surface area contributed by atoms with E-state index in [1.54, 1.807) is 37.7 Å². The van der Waals surface area contributed by atoms with E-state index in [2.05, 4.69) is 28.6 Å². The maximum atomic E-state index is 12.8. The zero-order chi connectivity index (χ0) is 24.1. The van der Waals surface area contributed by atoms with Crippen LogP contribution in [0, 0.1) is 6.92 Å². The minimum absolute atomic E-state index is 0.258. The number of carbonyl (C=O) groups is 1. The molecule has 1 aromatic carbocycles. The highest BCUT2D eigenvalue weighted by molar-refractivity contribution is 7.16. The Morgan fingerprint density at radius 1 is 1.09 bits per heavy atom. The quantitative estimate of drug-likeness (QED) is 0.304. The molecule has 2 N–H and O–H groups in total. The fourth-order valence-electron chi connectivity index (χ4n) is 3.66. The third kappa shape index (κ3) is 5.07. The van der Waals surface area contributed by atoms with Crippen molar-refractivity contribution in [2.75, 3.05) is 24.9 Å². The lowest BCUT2D eigenvalue weighted by molar-refractivity contribution is 0.0997. The molecule has 1 unspecified atom stereocenters. The Morgan fingerprint density at radius 2 is 1.91 bits per heavy atom. The summed E-state index contributed by atoms with van der Waals surface area (Å²) in [6.07, 6.45) is 2.33. The van der Waals surface area contributed by atoms with Crippen LogP contribution in [-0.4, -0.2) is 25.1 Å². The van der Waals surface area contributed by atoms with Crippen LogP contribution >= 0.6 is 11.3 Å². The van der Waals surface area contributed by atoms with Gasteiger partial charge in [0.25, 0.3) is 5.91 Å². The lowest BCUT2D eigenvalue weighted by atomic mass is 9.99. The first kappa shape index (κ1) is 23.4. The summed E-state index contributed by atoms with van der Waals surface area (Å²) < 4.78 is 16.3. The summed E-state index contributed by atoms with van der Waals surface area (Å²) in [5.41, 5.74) is 2.77. The van der Waals surface area contributed by atoms with E-state index in [1.165, 1.54) is 6.26 Å². The summed E-state index contributed by atoms with van der Waals surface area (Å²) in [5.74, 6) is 1.96. The van der Waals surface area contributed by atoms with Crippen LogP contribution in [0.15, 0.2) is 65.3 Å². The van der Waals surface area contributed by atoms with Crippen molar-refractivity contribution < 1.29 is 18.7 Å². The van der Waals surface area contributed by atoms with Gasteiger partial charge < -0.3 is 24.5 Å². The van der Waals surface area contributed by atoms with Gasteiger partial charge in [-0.05, 0) is 61.4 Å². The monoisotopic (exact) mass is 477 g/mol. The third-order valence-electron chi connectivity index (χ3n) is 5.36. The number of aryl methyl sites for hydroxylation is 2. The molecule has 176 valence electrons. The summed E-state index contributed by atoms with van der Waals surface area (Å²) in [4.78, 5) is 18.6. The number of hydrogen-bond acceptors (Lipinski definition) is 7. The van der Waals surface area contributed by atoms with Gasteiger partial charge >= 0.3 is 0 Å². The number of thiophene rings is 1. The molecule has 0 radical (unpaired) electrons. The van der Waals surface area contributed by atoms with E-state index in [0.717, 1.165) is 38.9 Å². The Morgan fingerprint density at radius 3 is 2.59 bits per heavy atom. The Bertz CT molecular complexity index is 1270. The van der Waals surface area contributed by atoms with Gasteiger partial charge in [0.1, 0.15) is 10.8 Å². The van der Waals surface area contributed by atoms with Crippen LogP contribution in [0.3, 0.4) is 0 Å². The van der Waals surface area contributed by atoms with Gasteiger partial charge in [-0.25, -0.2) is 4.98 Å². The SMILES string of the molecule is CCc1cc(C(Nc2cccc(C)n2)c2ccc(OC)c(OC)c2)c(NC(=O)c2ccco2)s1. The predicted molar refractivity (Wildman–Crippen MR) is 134 cm³/mol. The van der Waals surface area contributed by atoms with Crippen molar-refractivity contribution in [3.8, 4) is 11.5 Å². The molecule has 7 nitrogen and oxygen atoms in total. The molecule has 3 heterocycles. The number of furan rings is 1. The molecular formula is C26H27N3O4S. The standard InChI is InChI=1S/C26H27N3O4S/c1-5-18-15-19(26(34-18)29-25(30)21-9-7-13-33-21)24(28-23-10-6-8-16(2)27-23)17-11-12-20(31-3)22(14-17)32-4/h6-15,24H,5H2,1-4H3,(H,27,28)(H,29,30). The molecule has 0 aliphatic carbocycles. The highest BCUT2D eigenvalue weighted by Gasteiger charge is 2.24. The fourth-order valence-corrected chi connectivity index (χ4v) is 4.69. The molecule has 4 aromatic rings. The molecule has 1 atom stereocenters. The lowest BCUT2D eigenvalue weighted by Gasteiger charge is -2.22. The predicted octanol–water partition coefficient (Wildman–Crippen LogP) is 6.08. The first-order valence-electron chi connectivity index (χ1n) is 10.9. The Kier molecular flexibility index (Phi) is 7.18. The molecule has 4 rings (SSSR count). The Labute approximate surface area is 202 Å². The molecule has 0 aliphatic heterocycles. The summed E-state index contributed by atoms with van der Waals surface area (Å²) in [6.45, 7) is 4.04. The average molecular weight is 478 g/mol. The van der Waals surface area contributed by atoms with Crippen LogP contribution in [0.5, 0.6) is 11.5 Å². The molecule has 8 heteroatoms. The second-order valence-corrected chi connectivity index (χ2v) is 8.77. The van der Waals surface area contributed by atoms with Crippen molar-refractivity contribution in [1.29, 1.82) is 0 Å². The highest BCUT2D eigenvalue weighted by Crippen LogP contribution is 2.40. The van der Waals surface area contributed by atoms with Gasteiger partial charge in [-0.3, -0.25) is 4.79 Å². The lowest BCUT2D eigenvalue weighted by Crippen LogP contribution is -2.17. The molecule has 0 spiro atoms. The maximum Gasteiger partial charge on any atom is 0.291 e. The number of anilines is 2. The van der Waals surface area contributed by atoms with Crippen LogP contribution in [-0.2, 0) is 6.42 Å². The molecule has 0 saturated carbocycles. The van der Waals surface area contributed by atoms with Crippen LogP contribution in [0.4, 0.5) is 10.8 Å². The Hall–Kier alpha value is -3.78. The first-order valence-corrected chi connectivity index (χ1v) is 11.7. The number of benzene rings is 1. The number of pyridine rings is 1. The summed E-state index contributed by atoms with van der Waals surface area (Å²) in [6, 6.07) is 16.8. The topological polar surface area (TPSA) is 85.6 Å². The fraction of sp³-hybridized carbons (Fsp3) is 0.231. The van der Waals surface area contributed by atoms with Gasteiger partial charge in [0.2, 0.25) is 0 Å². The zero-order valence-electron chi connectivity index (χ0n) is 19.5. The molecule has 3 aromatic heterocycles. The number of nitrogens with zero attached hydrogens (tertiary/aromatic N) is 1. The van der Waals surface area contributed by atoms with Gasteiger partial charge in [-0.2, -0.15) is 0 Å². The second kappa shape index (κ2) is 10.4. The maximum absolute atomic E-state index is 12.8. The number of aromatic nitrogens is 1. The second-order valence-electron chi connectivity index (χ2n) is 7.64. The van der Waals surface area contributed by atoms with Crippen molar-refractivity contribution in [2.45, 2.75) is 26.3 Å². The van der Waals surface area contributed by atoms with E-state index in [9.17, 15) is 4.79 Å².